The number of ether oxygens (including phenoxy) is 2. The van der Waals surface area contributed by atoms with Gasteiger partial charge in [-0.25, -0.2) is 4.39 Å². The monoisotopic (exact) mass is 457 g/mol. The lowest BCUT2D eigenvalue weighted by Gasteiger charge is -2.31. The predicted octanol–water partition coefficient (Wildman–Crippen LogP) is 7.35. The van der Waals surface area contributed by atoms with Crippen molar-refractivity contribution >= 4 is 5.97 Å². The summed E-state index contributed by atoms with van der Waals surface area (Å²) in [4.78, 5) is 12.5. The average Bonchev–Trinajstić information content (AvgIpc) is 2.84. The van der Waals surface area contributed by atoms with Crippen molar-refractivity contribution in [2.45, 2.75) is 103 Å². The van der Waals surface area contributed by atoms with Crippen LogP contribution in [0.1, 0.15) is 102 Å². The van der Waals surface area contributed by atoms with Crippen molar-refractivity contribution in [3.63, 3.8) is 0 Å². The van der Waals surface area contributed by atoms with Gasteiger partial charge in [0, 0.05) is 12.7 Å². The molecule has 0 spiro atoms. The van der Waals surface area contributed by atoms with Gasteiger partial charge in [0.15, 0.2) is 0 Å². The van der Waals surface area contributed by atoms with Crippen LogP contribution in [-0.2, 0) is 9.53 Å². The van der Waals surface area contributed by atoms with E-state index in [0.717, 1.165) is 44.3 Å². The maximum atomic E-state index is 13.7. The molecule has 0 heterocycles. The van der Waals surface area contributed by atoms with Crippen LogP contribution < -0.4 is 4.74 Å². The highest BCUT2D eigenvalue weighted by molar-refractivity contribution is 5.75. The summed E-state index contributed by atoms with van der Waals surface area (Å²) in [5, 5.41) is 8.80. The average molecular weight is 458 g/mol. The van der Waals surface area contributed by atoms with Crippen molar-refractivity contribution in [1.29, 1.82) is 5.26 Å². The Balaban J connectivity index is 1.28. The minimum absolute atomic E-state index is 0.0525. The Hall–Kier alpha value is -1.93. The summed E-state index contributed by atoms with van der Waals surface area (Å²) in [6.45, 7) is 3.12. The van der Waals surface area contributed by atoms with Gasteiger partial charge in [0.1, 0.15) is 17.6 Å². The Morgan fingerprint density at radius 1 is 1.00 bits per heavy atom. The topological polar surface area (TPSA) is 59.3 Å². The number of rotatable bonds is 11. The van der Waals surface area contributed by atoms with Crippen LogP contribution in [-0.4, -0.2) is 18.7 Å². The summed E-state index contributed by atoms with van der Waals surface area (Å²) in [7, 11) is 0. The number of carbonyl (C=O) groups is 1. The number of benzene rings is 1. The number of unbranched alkanes of at least 4 members (excludes halogenated alkanes) is 4. The number of esters is 1. The minimum Gasteiger partial charge on any atom is -0.426 e. The summed E-state index contributed by atoms with van der Waals surface area (Å²) < 4.78 is 25.3. The van der Waals surface area contributed by atoms with Gasteiger partial charge in [-0.3, -0.25) is 4.79 Å². The quantitative estimate of drug-likeness (QED) is 0.198. The molecule has 33 heavy (non-hydrogen) atoms. The maximum absolute atomic E-state index is 13.7. The first kappa shape index (κ1) is 25.7. The second kappa shape index (κ2) is 13.7. The molecule has 0 N–H and O–H groups in total. The van der Waals surface area contributed by atoms with E-state index in [4.69, 9.17) is 14.7 Å². The molecule has 0 bridgehead atoms. The van der Waals surface area contributed by atoms with Gasteiger partial charge >= 0.3 is 5.97 Å². The Morgan fingerprint density at radius 2 is 1.70 bits per heavy atom. The van der Waals surface area contributed by atoms with Crippen LogP contribution in [0, 0.1) is 34.9 Å². The summed E-state index contributed by atoms with van der Waals surface area (Å²) in [6, 6.07) is 5.67. The van der Waals surface area contributed by atoms with Gasteiger partial charge in [-0.05, 0) is 62.5 Å². The van der Waals surface area contributed by atoms with Gasteiger partial charge in [0.2, 0.25) is 0 Å². The smallest absolute Gasteiger partial charge is 0.314 e. The lowest BCUT2D eigenvalue weighted by molar-refractivity contribution is -0.141. The molecule has 182 valence electrons. The van der Waals surface area contributed by atoms with Crippen molar-refractivity contribution in [2.75, 3.05) is 6.61 Å². The molecule has 0 saturated heterocycles. The highest BCUT2D eigenvalue weighted by Gasteiger charge is 2.29. The Labute approximate surface area is 198 Å². The van der Waals surface area contributed by atoms with Crippen molar-refractivity contribution in [2.24, 2.45) is 17.8 Å². The van der Waals surface area contributed by atoms with Crippen LogP contribution >= 0.6 is 0 Å². The van der Waals surface area contributed by atoms with Gasteiger partial charge in [0.25, 0.3) is 0 Å². The molecule has 0 atom stereocenters. The van der Waals surface area contributed by atoms with Crippen molar-refractivity contribution in [3.8, 4) is 11.8 Å². The molecule has 3 rings (SSSR count). The van der Waals surface area contributed by atoms with Gasteiger partial charge in [0.05, 0.1) is 17.6 Å². The molecule has 5 heteroatoms. The number of hydrogen-bond acceptors (Lipinski definition) is 4. The van der Waals surface area contributed by atoms with E-state index in [1.54, 1.807) is 6.07 Å². The Kier molecular flexibility index (Phi) is 10.7. The summed E-state index contributed by atoms with van der Waals surface area (Å²) in [5.74, 6) is 0.624. The van der Waals surface area contributed by atoms with Crippen LogP contribution in [0.15, 0.2) is 18.2 Å². The molecule has 0 unspecified atom stereocenters. The highest BCUT2D eigenvalue weighted by Crippen LogP contribution is 2.34. The fourth-order valence-electron chi connectivity index (χ4n) is 5.31. The van der Waals surface area contributed by atoms with E-state index in [2.05, 4.69) is 6.92 Å². The van der Waals surface area contributed by atoms with E-state index < -0.39 is 5.82 Å². The van der Waals surface area contributed by atoms with Crippen molar-refractivity contribution in [1.82, 2.24) is 0 Å². The number of hydrogen-bond donors (Lipinski definition) is 0. The van der Waals surface area contributed by atoms with E-state index in [1.807, 2.05) is 0 Å². The van der Waals surface area contributed by atoms with Crippen molar-refractivity contribution < 1.29 is 18.7 Å². The third-order valence-electron chi connectivity index (χ3n) is 7.54. The maximum Gasteiger partial charge on any atom is 0.314 e. The number of nitriles is 1. The van der Waals surface area contributed by atoms with E-state index in [-0.39, 0.29) is 29.3 Å². The standard InChI is InChI=1S/C28H40FNO3/c1-2-3-4-5-6-7-21-8-10-22(11-9-21)20-32-25-15-12-23(13-16-25)28(31)33-26-17-14-24(19-30)27(29)18-26/h14,17-18,21-23,25H,2-13,15-16,20H2,1H3/t21-,22-,23-,25-. The van der Waals surface area contributed by atoms with Crippen LogP contribution in [0.2, 0.25) is 0 Å². The van der Waals surface area contributed by atoms with E-state index in [0.29, 0.717) is 5.92 Å². The lowest BCUT2D eigenvalue weighted by atomic mass is 9.80. The van der Waals surface area contributed by atoms with E-state index >= 15 is 0 Å². The molecule has 0 aliphatic heterocycles. The lowest BCUT2D eigenvalue weighted by Crippen LogP contribution is -2.30. The molecular weight excluding hydrogens is 417 g/mol. The largest absolute Gasteiger partial charge is 0.426 e. The zero-order valence-corrected chi connectivity index (χ0v) is 20.2. The van der Waals surface area contributed by atoms with Gasteiger partial charge in [-0.1, -0.05) is 58.3 Å². The third kappa shape index (κ3) is 8.41. The summed E-state index contributed by atoms with van der Waals surface area (Å²) in [5.41, 5.74) is -0.0525. The van der Waals surface area contributed by atoms with Crippen LogP contribution in [0.4, 0.5) is 4.39 Å². The normalized spacial score (nSPS) is 25.4. The molecule has 4 nitrogen and oxygen atoms in total. The highest BCUT2D eigenvalue weighted by atomic mass is 19.1. The Bertz CT molecular complexity index is 774. The zero-order chi connectivity index (χ0) is 23.5. The predicted molar refractivity (Wildman–Crippen MR) is 127 cm³/mol. The third-order valence-corrected chi connectivity index (χ3v) is 7.54. The molecule has 0 radical (unpaired) electrons. The SMILES string of the molecule is CCCCCCC[C@H]1CC[C@H](CO[C@H]2CC[C@H](C(=O)Oc3ccc(C#N)c(F)c3)CC2)CC1. The molecule has 1 aromatic rings. The van der Waals surface area contributed by atoms with E-state index in [9.17, 15) is 9.18 Å². The molecule has 2 aliphatic rings. The molecule has 1 aromatic carbocycles. The molecular formula is C28H40FNO3. The summed E-state index contributed by atoms with van der Waals surface area (Å²) in [6.07, 6.45) is 17.1. The molecule has 0 amide bonds. The minimum atomic E-state index is -0.666. The Morgan fingerprint density at radius 3 is 2.36 bits per heavy atom. The molecule has 2 saturated carbocycles. The zero-order valence-electron chi connectivity index (χ0n) is 20.2. The van der Waals surface area contributed by atoms with Crippen LogP contribution in [0.25, 0.3) is 0 Å². The summed E-state index contributed by atoms with van der Waals surface area (Å²) >= 11 is 0. The van der Waals surface area contributed by atoms with E-state index in [1.165, 1.54) is 76.3 Å². The number of halogens is 1. The fourth-order valence-corrected chi connectivity index (χ4v) is 5.31. The number of nitrogens with zero attached hydrogens (tertiary/aromatic N) is 1. The molecule has 2 fully saturated rings. The first-order valence-corrected chi connectivity index (χ1v) is 13.1. The van der Waals surface area contributed by atoms with Gasteiger partial charge in [-0.15, -0.1) is 0 Å². The van der Waals surface area contributed by atoms with Gasteiger partial charge in [-0.2, -0.15) is 5.26 Å². The first-order chi connectivity index (χ1) is 16.1. The van der Waals surface area contributed by atoms with Crippen LogP contribution in [0.3, 0.4) is 0 Å². The second-order valence-electron chi connectivity index (χ2n) is 10.1. The van der Waals surface area contributed by atoms with Gasteiger partial charge < -0.3 is 9.47 Å². The molecule has 0 aromatic heterocycles. The van der Waals surface area contributed by atoms with Crippen molar-refractivity contribution in [3.05, 3.63) is 29.6 Å². The number of carbonyl (C=O) groups excluding carboxylic acids is 1. The fraction of sp³-hybridized carbons (Fsp3) is 0.714. The van der Waals surface area contributed by atoms with Crippen LogP contribution in [0.5, 0.6) is 5.75 Å². The first-order valence-electron chi connectivity index (χ1n) is 13.1. The second-order valence-corrected chi connectivity index (χ2v) is 10.1. The molecule has 2 aliphatic carbocycles.